The van der Waals surface area contributed by atoms with Crippen LogP contribution in [0.25, 0.3) is 11.4 Å². The molecular weight excluding hydrogens is 322 g/mol. The Labute approximate surface area is 146 Å². The lowest BCUT2D eigenvalue weighted by Crippen LogP contribution is -2.51. The fourth-order valence-electron chi connectivity index (χ4n) is 2.57. The van der Waals surface area contributed by atoms with Gasteiger partial charge in [-0.3, -0.25) is 9.59 Å². The van der Waals surface area contributed by atoms with Gasteiger partial charge in [0.15, 0.2) is 0 Å². The number of hydrogen-bond acceptors (Lipinski definition) is 5. The van der Waals surface area contributed by atoms with Crippen LogP contribution in [-0.2, 0) is 9.59 Å². The molecule has 1 amide bonds. The molecule has 0 saturated carbocycles. The number of carbonyl (C=O) groups is 2. The quantitative estimate of drug-likeness (QED) is 0.758. The van der Waals surface area contributed by atoms with E-state index in [4.69, 9.17) is 5.11 Å². The van der Waals surface area contributed by atoms with Crippen molar-refractivity contribution in [3.63, 3.8) is 0 Å². The molecule has 0 fully saturated rings. The van der Waals surface area contributed by atoms with E-state index >= 15 is 0 Å². The molecule has 0 spiro atoms. The highest BCUT2D eigenvalue weighted by Gasteiger charge is 2.33. The lowest BCUT2D eigenvalue weighted by atomic mass is 9.88. The molecule has 25 heavy (non-hydrogen) atoms. The van der Waals surface area contributed by atoms with Crippen LogP contribution >= 0.6 is 0 Å². The van der Waals surface area contributed by atoms with E-state index in [2.05, 4.69) is 20.7 Å². The zero-order valence-electron chi connectivity index (χ0n) is 14.6. The molecule has 1 atom stereocenters. The first-order valence-electron chi connectivity index (χ1n) is 8.29. The molecule has 0 bridgehead atoms. The van der Waals surface area contributed by atoms with Crippen LogP contribution in [0.1, 0.15) is 46.1 Å². The average Bonchev–Trinajstić information content (AvgIpc) is 3.10. The number of benzene rings is 1. The number of carboxylic acid groups (broad SMARTS) is 1. The molecule has 8 nitrogen and oxygen atoms in total. The number of carboxylic acids is 1. The number of tetrazole rings is 1. The summed E-state index contributed by atoms with van der Waals surface area (Å²) in [5.41, 5.74) is 0.0312. The molecule has 1 heterocycles. The van der Waals surface area contributed by atoms with Crippen molar-refractivity contribution >= 4 is 11.9 Å². The topological polar surface area (TPSA) is 110 Å². The molecule has 0 aliphatic carbocycles. The first-order valence-corrected chi connectivity index (χ1v) is 8.29. The van der Waals surface area contributed by atoms with Crippen molar-refractivity contribution in [2.24, 2.45) is 0 Å². The number of nitrogens with one attached hydrogen (secondary N) is 1. The Hall–Kier alpha value is -2.77. The lowest BCUT2D eigenvalue weighted by Gasteiger charge is -2.32. The van der Waals surface area contributed by atoms with Crippen LogP contribution in [-0.4, -0.2) is 42.7 Å². The van der Waals surface area contributed by atoms with Gasteiger partial charge in [-0.25, -0.2) is 0 Å². The Morgan fingerprint density at radius 3 is 2.44 bits per heavy atom. The summed E-state index contributed by atoms with van der Waals surface area (Å²) in [4.78, 5) is 24.9. The van der Waals surface area contributed by atoms with Crippen LogP contribution in [0.2, 0.25) is 0 Å². The minimum Gasteiger partial charge on any atom is -0.481 e. The normalized spacial score (nSPS) is 12.6. The predicted molar refractivity (Wildman–Crippen MR) is 91.7 cm³/mol. The summed E-state index contributed by atoms with van der Waals surface area (Å²) in [6.45, 7) is 5.37. The molecule has 8 heteroatoms. The van der Waals surface area contributed by atoms with Gasteiger partial charge in [-0.1, -0.05) is 44.2 Å². The maximum Gasteiger partial charge on any atom is 0.305 e. The monoisotopic (exact) mass is 345 g/mol. The summed E-state index contributed by atoms with van der Waals surface area (Å²) in [5.74, 6) is -0.841. The van der Waals surface area contributed by atoms with Gasteiger partial charge in [0.1, 0.15) is 6.04 Å². The Bertz CT molecular complexity index is 725. The Morgan fingerprint density at radius 1 is 1.24 bits per heavy atom. The number of amides is 1. The van der Waals surface area contributed by atoms with Crippen molar-refractivity contribution < 1.29 is 14.7 Å². The fraction of sp³-hybridized carbons (Fsp3) is 0.471. The van der Waals surface area contributed by atoms with E-state index in [0.717, 1.165) is 5.56 Å². The first kappa shape index (κ1) is 18.6. The molecule has 2 rings (SSSR count). The summed E-state index contributed by atoms with van der Waals surface area (Å²) in [6.07, 6.45) is 0.918. The van der Waals surface area contributed by atoms with Crippen molar-refractivity contribution in [1.82, 2.24) is 25.5 Å². The average molecular weight is 345 g/mol. The molecule has 1 aromatic carbocycles. The number of hydrogen-bond donors (Lipinski definition) is 2. The van der Waals surface area contributed by atoms with Gasteiger partial charge in [0.2, 0.25) is 11.7 Å². The second-order valence-electron chi connectivity index (χ2n) is 6.02. The van der Waals surface area contributed by atoms with E-state index in [1.165, 1.54) is 4.80 Å². The standard InChI is InChI=1S/C17H23N5O3/c1-4-17(5-2,11-14(23)24)18-16(25)12(3)22-20-15(19-21-22)13-9-7-6-8-10-13/h6-10,12H,4-5,11H2,1-3H3,(H,18,25)(H,23,24). The van der Waals surface area contributed by atoms with Crippen LogP contribution in [0.3, 0.4) is 0 Å². The van der Waals surface area contributed by atoms with Crippen LogP contribution in [0.15, 0.2) is 30.3 Å². The van der Waals surface area contributed by atoms with Crippen LogP contribution in [0.5, 0.6) is 0 Å². The molecule has 1 aromatic heterocycles. The summed E-state index contributed by atoms with van der Waals surface area (Å²) >= 11 is 0. The fourth-order valence-corrected chi connectivity index (χ4v) is 2.57. The van der Waals surface area contributed by atoms with Crippen molar-refractivity contribution in [1.29, 1.82) is 0 Å². The number of nitrogens with zero attached hydrogens (tertiary/aromatic N) is 4. The second-order valence-corrected chi connectivity index (χ2v) is 6.02. The predicted octanol–water partition coefficient (Wildman–Crippen LogP) is 2.05. The summed E-state index contributed by atoms with van der Waals surface area (Å²) in [6, 6.07) is 8.65. The van der Waals surface area contributed by atoms with Gasteiger partial charge in [0, 0.05) is 5.56 Å². The van der Waals surface area contributed by atoms with E-state index in [1.807, 2.05) is 44.2 Å². The molecule has 0 aliphatic heterocycles. The SMILES string of the molecule is CCC(CC)(CC(=O)O)NC(=O)C(C)n1nnc(-c2ccccc2)n1. The van der Waals surface area contributed by atoms with Gasteiger partial charge in [0.25, 0.3) is 0 Å². The van der Waals surface area contributed by atoms with Gasteiger partial charge in [-0.05, 0) is 25.0 Å². The van der Waals surface area contributed by atoms with Gasteiger partial charge in [0.05, 0.1) is 12.0 Å². The largest absolute Gasteiger partial charge is 0.481 e. The zero-order chi connectivity index (χ0) is 18.4. The maximum atomic E-state index is 12.6. The van der Waals surface area contributed by atoms with Crippen molar-refractivity contribution in [2.75, 3.05) is 0 Å². The Balaban J connectivity index is 2.14. The number of carbonyl (C=O) groups excluding carboxylic acids is 1. The Kier molecular flexibility index (Phi) is 5.84. The van der Waals surface area contributed by atoms with E-state index in [0.29, 0.717) is 18.7 Å². The van der Waals surface area contributed by atoms with Gasteiger partial charge in [-0.2, -0.15) is 4.80 Å². The molecular formula is C17H23N5O3. The van der Waals surface area contributed by atoms with E-state index < -0.39 is 17.6 Å². The maximum absolute atomic E-state index is 12.6. The van der Waals surface area contributed by atoms with Crippen molar-refractivity contribution in [2.45, 2.75) is 51.6 Å². The highest BCUT2D eigenvalue weighted by atomic mass is 16.4. The minimum atomic E-state index is -0.943. The number of rotatable bonds is 8. The van der Waals surface area contributed by atoms with E-state index in [-0.39, 0.29) is 12.3 Å². The molecule has 134 valence electrons. The molecule has 0 aliphatic rings. The van der Waals surface area contributed by atoms with E-state index in [1.54, 1.807) is 6.92 Å². The summed E-state index contributed by atoms with van der Waals surface area (Å²) in [7, 11) is 0. The first-order chi connectivity index (χ1) is 11.9. The van der Waals surface area contributed by atoms with Gasteiger partial charge < -0.3 is 10.4 Å². The molecule has 0 saturated heterocycles. The second kappa shape index (κ2) is 7.87. The van der Waals surface area contributed by atoms with Gasteiger partial charge >= 0.3 is 5.97 Å². The third kappa shape index (κ3) is 4.40. The number of aromatic nitrogens is 4. The molecule has 0 radical (unpaired) electrons. The zero-order valence-corrected chi connectivity index (χ0v) is 14.6. The molecule has 2 aromatic rings. The van der Waals surface area contributed by atoms with Crippen LogP contribution in [0, 0.1) is 0 Å². The lowest BCUT2D eigenvalue weighted by molar-refractivity contribution is -0.139. The van der Waals surface area contributed by atoms with E-state index in [9.17, 15) is 9.59 Å². The summed E-state index contributed by atoms with van der Waals surface area (Å²) < 4.78 is 0. The van der Waals surface area contributed by atoms with Crippen molar-refractivity contribution in [3.8, 4) is 11.4 Å². The third-order valence-corrected chi connectivity index (χ3v) is 4.42. The summed E-state index contributed by atoms with van der Waals surface area (Å²) in [5, 5.41) is 24.2. The van der Waals surface area contributed by atoms with Gasteiger partial charge in [-0.15, -0.1) is 10.2 Å². The molecule has 2 N–H and O–H groups in total. The third-order valence-electron chi connectivity index (χ3n) is 4.42. The highest BCUT2D eigenvalue weighted by Crippen LogP contribution is 2.21. The number of aliphatic carboxylic acids is 1. The smallest absolute Gasteiger partial charge is 0.305 e. The molecule has 1 unspecified atom stereocenters. The van der Waals surface area contributed by atoms with Crippen LogP contribution in [0.4, 0.5) is 0 Å². The van der Waals surface area contributed by atoms with Crippen molar-refractivity contribution in [3.05, 3.63) is 30.3 Å². The Morgan fingerprint density at radius 2 is 1.88 bits per heavy atom. The minimum absolute atomic E-state index is 0.126. The van der Waals surface area contributed by atoms with Crippen LogP contribution < -0.4 is 5.32 Å². The highest BCUT2D eigenvalue weighted by molar-refractivity contribution is 5.81.